The summed E-state index contributed by atoms with van der Waals surface area (Å²) < 4.78 is 0. The highest BCUT2D eigenvalue weighted by Crippen LogP contribution is 2.23. The molecule has 1 atom stereocenters. The van der Waals surface area contributed by atoms with Crippen molar-refractivity contribution in [1.82, 2.24) is 4.90 Å². The van der Waals surface area contributed by atoms with Crippen molar-refractivity contribution in [1.29, 1.82) is 0 Å². The molecule has 1 unspecified atom stereocenters. The first-order valence-corrected chi connectivity index (χ1v) is 4.23. The summed E-state index contributed by atoms with van der Waals surface area (Å²) in [6.45, 7) is 2.27. The molecule has 0 heterocycles. The van der Waals surface area contributed by atoms with E-state index >= 15 is 0 Å². The SMILES string of the molecule is CC(CO)N(C)C1CC(N)C1. The van der Waals surface area contributed by atoms with Gasteiger partial charge in [0.1, 0.15) is 0 Å². The molecule has 3 N–H and O–H groups in total. The van der Waals surface area contributed by atoms with Crippen molar-refractivity contribution in [2.75, 3.05) is 13.7 Å². The Morgan fingerprint density at radius 2 is 2.18 bits per heavy atom. The Morgan fingerprint density at radius 1 is 1.64 bits per heavy atom. The number of nitrogens with two attached hydrogens (primary N) is 1. The van der Waals surface area contributed by atoms with Crippen molar-refractivity contribution in [3.8, 4) is 0 Å². The van der Waals surface area contributed by atoms with Gasteiger partial charge in [-0.1, -0.05) is 0 Å². The Balaban J connectivity index is 2.25. The molecule has 3 heteroatoms. The van der Waals surface area contributed by atoms with E-state index in [0.29, 0.717) is 12.1 Å². The van der Waals surface area contributed by atoms with Gasteiger partial charge in [-0.25, -0.2) is 0 Å². The van der Waals surface area contributed by atoms with Gasteiger partial charge in [-0.3, -0.25) is 4.90 Å². The highest BCUT2D eigenvalue weighted by Gasteiger charge is 2.30. The number of hydrogen-bond acceptors (Lipinski definition) is 3. The molecule has 11 heavy (non-hydrogen) atoms. The molecule has 0 aliphatic heterocycles. The molecule has 0 spiro atoms. The third-order valence-corrected chi connectivity index (χ3v) is 2.69. The maximum absolute atomic E-state index is 8.87. The first-order valence-electron chi connectivity index (χ1n) is 4.23. The molecule has 0 saturated heterocycles. The number of rotatable bonds is 3. The van der Waals surface area contributed by atoms with Gasteiger partial charge < -0.3 is 10.8 Å². The van der Waals surface area contributed by atoms with E-state index in [1.54, 1.807) is 0 Å². The molecule has 0 aromatic rings. The van der Waals surface area contributed by atoms with E-state index in [-0.39, 0.29) is 12.6 Å². The van der Waals surface area contributed by atoms with Crippen molar-refractivity contribution in [2.45, 2.75) is 37.9 Å². The summed E-state index contributed by atoms with van der Waals surface area (Å²) in [4.78, 5) is 2.21. The van der Waals surface area contributed by atoms with Crippen molar-refractivity contribution in [3.63, 3.8) is 0 Å². The van der Waals surface area contributed by atoms with Crippen LogP contribution in [0.3, 0.4) is 0 Å². The summed E-state index contributed by atoms with van der Waals surface area (Å²) >= 11 is 0. The van der Waals surface area contributed by atoms with Crippen LogP contribution in [0.25, 0.3) is 0 Å². The fourth-order valence-corrected chi connectivity index (χ4v) is 1.45. The zero-order chi connectivity index (χ0) is 8.43. The highest BCUT2D eigenvalue weighted by atomic mass is 16.3. The van der Waals surface area contributed by atoms with Crippen molar-refractivity contribution >= 4 is 0 Å². The number of nitrogens with zero attached hydrogens (tertiary/aromatic N) is 1. The molecule has 0 bridgehead atoms. The number of likely N-dealkylation sites (N-methyl/N-ethyl adjacent to an activating group) is 1. The summed E-state index contributed by atoms with van der Waals surface area (Å²) in [6, 6.07) is 1.27. The van der Waals surface area contributed by atoms with Crippen LogP contribution in [0.1, 0.15) is 19.8 Å². The molecule has 0 radical (unpaired) electrons. The van der Waals surface area contributed by atoms with Crippen molar-refractivity contribution < 1.29 is 5.11 Å². The lowest BCUT2D eigenvalue weighted by molar-refractivity contribution is 0.0696. The maximum Gasteiger partial charge on any atom is 0.0584 e. The Kier molecular flexibility index (Phi) is 2.87. The smallest absolute Gasteiger partial charge is 0.0584 e. The lowest BCUT2D eigenvalue weighted by Crippen LogP contribution is -2.52. The van der Waals surface area contributed by atoms with Gasteiger partial charge in [-0.05, 0) is 26.8 Å². The Morgan fingerprint density at radius 3 is 2.55 bits per heavy atom. The lowest BCUT2D eigenvalue weighted by atomic mass is 9.86. The molecule has 0 aromatic carbocycles. The van der Waals surface area contributed by atoms with Gasteiger partial charge in [-0.2, -0.15) is 0 Å². The molecular weight excluding hydrogens is 140 g/mol. The molecule has 3 nitrogen and oxygen atoms in total. The fraction of sp³-hybridized carbons (Fsp3) is 1.00. The zero-order valence-electron chi connectivity index (χ0n) is 7.33. The average molecular weight is 158 g/mol. The van der Waals surface area contributed by atoms with Crippen LogP contribution in [0.4, 0.5) is 0 Å². The first kappa shape index (κ1) is 8.97. The molecule has 1 saturated carbocycles. The maximum atomic E-state index is 8.87. The molecule has 1 aliphatic carbocycles. The predicted molar refractivity (Wildman–Crippen MR) is 45.3 cm³/mol. The van der Waals surface area contributed by atoms with Gasteiger partial charge in [-0.15, -0.1) is 0 Å². The molecule has 0 amide bonds. The Labute approximate surface area is 68.2 Å². The molecule has 0 aromatic heterocycles. The lowest BCUT2D eigenvalue weighted by Gasteiger charge is -2.41. The second-order valence-electron chi connectivity index (χ2n) is 3.58. The molecule has 1 rings (SSSR count). The van der Waals surface area contributed by atoms with Crippen LogP contribution in [0, 0.1) is 0 Å². The number of hydrogen-bond donors (Lipinski definition) is 2. The monoisotopic (exact) mass is 158 g/mol. The summed E-state index contributed by atoms with van der Waals surface area (Å²) in [6.07, 6.45) is 2.17. The third kappa shape index (κ3) is 1.92. The van der Waals surface area contributed by atoms with Crippen LogP contribution in [0.2, 0.25) is 0 Å². The van der Waals surface area contributed by atoms with E-state index in [1.165, 1.54) is 0 Å². The predicted octanol–water partition coefficient (Wildman–Crippen LogP) is -0.211. The quantitative estimate of drug-likeness (QED) is 0.597. The summed E-state index contributed by atoms with van der Waals surface area (Å²) in [7, 11) is 2.05. The molecule has 1 fully saturated rings. The number of aliphatic hydroxyl groups excluding tert-OH is 1. The second kappa shape index (κ2) is 3.52. The molecule has 66 valence electrons. The second-order valence-corrected chi connectivity index (χ2v) is 3.58. The standard InChI is InChI=1S/C8H18N2O/c1-6(5-11)10(2)8-3-7(9)4-8/h6-8,11H,3-5,9H2,1-2H3. The van der Waals surface area contributed by atoms with E-state index in [0.717, 1.165) is 12.8 Å². The van der Waals surface area contributed by atoms with E-state index in [4.69, 9.17) is 10.8 Å². The van der Waals surface area contributed by atoms with E-state index in [1.807, 2.05) is 6.92 Å². The van der Waals surface area contributed by atoms with Crippen LogP contribution in [0.15, 0.2) is 0 Å². The van der Waals surface area contributed by atoms with Gasteiger partial charge >= 0.3 is 0 Å². The van der Waals surface area contributed by atoms with Gasteiger partial charge in [0.15, 0.2) is 0 Å². The summed E-state index contributed by atoms with van der Waals surface area (Å²) in [5.74, 6) is 0. The molecule has 1 aliphatic rings. The van der Waals surface area contributed by atoms with Crippen LogP contribution in [-0.4, -0.2) is 41.8 Å². The van der Waals surface area contributed by atoms with Gasteiger partial charge in [0, 0.05) is 18.1 Å². The van der Waals surface area contributed by atoms with Crippen molar-refractivity contribution in [2.24, 2.45) is 5.73 Å². The minimum absolute atomic E-state index is 0.238. The first-order chi connectivity index (χ1) is 5.15. The van der Waals surface area contributed by atoms with Crippen LogP contribution in [-0.2, 0) is 0 Å². The Hall–Kier alpha value is -0.120. The van der Waals surface area contributed by atoms with Gasteiger partial charge in [0.25, 0.3) is 0 Å². The summed E-state index contributed by atoms with van der Waals surface area (Å²) in [5.41, 5.74) is 5.66. The molecular formula is C8H18N2O. The highest BCUT2D eigenvalue weighted by molar-refractivity contribution is 4.89. The van der Waals surface area contributed by atoms with Gasteiger partial charge in [0.05, 0.1) is 6.61 Å². The normalized spacial score (nSPS) is 33.5. The summed E-state index contributed by atoms with van der Waals surface area (Å²) in [5, 5.41) is 8.87. The van der Waals surface area contributed by atoms with E-state index in [2.05, 4.69) is 11.9 Å². The Bertz CT molecular complexity index is 123. The van der Waals surface area contributed by atoms with E-state index in [9.17, 15) is 0 Å². The van der Waals surface area contributed by atoms with Crippen LogP contribution >= 0.6 is 0 Å². The zero-order valence-corrected chi connectivity index (χ0v) is 7.33. The van der Waals surface area contributed by atoms with Crippen LogP contribution < -0.4 is 5.73 Å². The average Bonchev–Trinajstić information content (AvgIpc) is 1.96. The minimum atomic E-state index is 0.238. The van der Waals surface area contributed by atoms with Crippen molar-refractivity contribution in [3.05, 3.63) is 0 Å². The third-order valence-electron chi connectivity index (χ3n) is 2.69. The van der Waals surface area contributed by atoms with E-state index < -0.39 is 0 Å². The number of aliphatic hydroxyl groups is 1. The largest absolute Gasteiger partial charge is 0.395 e. The van der Waals surface area contributed by atoms with Crippen LogP contribution in [0.5, 0.6) is 0 Å². The minimum Gasteiger partial charge on any atom is -0.395 e. The van der Waals surface area contributed by atoms with Gasteiger partial charge in [0.2, 0.25) is 0 Å². The fourth-order valence-electron chi connectivity index (χ4n) is 1.45. The topological polar surface area (TPSA) is 49.5 Å².